The smallest absolute Gasteiger partial charge is 0.166 e. The van der Waals surface area contributed by atoms with Crippen molar-refractivity contribution < 1.29 is 24.1 Å². The largest absolute Gasteiger partial charge is 0.507 e. The fourth-order valence-electron chi connectivity index (χ4n) is 1.57. The SMILES string of the molecule is C/C=C\C(F)=C/OC1=C(C(C)=O)C(O)=CC(O)C1. The van der Waals surface area contributed by atoms with Gasteiger partial charge < -0.3 is 14.9 Å². The van der Waals surface area contributed by atoms with Crippen molar-refractivity contribution in [3.05, 3.63) is 47.4 Å². The molecule has 0 spiro atoms. The highest BCUT2D eigenvalue weighted by Crippen LogP contribution is 2.26. The van der Waals surface area contributed by atoms with Gasteiger partial charge in [-0.3, -0.25) is 4.79 Å². The predicted octanol–water partition coefficient (Wildman–Crippen LogP) is 2.44. The van der Waals surface area contributed by atoms with Gasteiger partial charge in [-0.25, -0.2) is 4.39 Å². The van der Waals surface area contributed by atoms with E-state index in [1.165, 1.54) is 19.1 Å². The van der Waals surface area contributed by atoms with Crippen LogP contribution in [-0.4, -0.2) is 22.1 Å². The topological polar surface area (TPSA) is 66.8 Å². The number of aliphatic hydroxyl groups is 2. The molecule has 1 rings (SSSR count). The second-order valence-electron chi connectivity index (χ2n) is 3.80. The third-order valence-corrected chi connectivity index (χ3v) is 2.27. The molecule has 1 unspecified atom stereocenters. The van der Waals surface area contributed by atoms with Gasteiger partial charge in [-0.15, -0.1) is 0 Å². The number of carbonyl (C=O) groups is 1. The number of aliphatic hydroxyl groups excluding tert-OH is 2. The van der Waals surface area contributed by atoms with Crippen molar-refractivity contribution in [1.82, 2.24) is 0 Å². The van der Waals surface area contributed by atoms with Crippen LogP contribution >= 0.6 is 0 Å². The van der Waals surface area contributed by atoms with Crippen molar-refractivity contribution >= 4 is 5.78 Å². The van der Waals surface area contributed by atoms with Crippen molar-refractivity contribution in [3.63, 3.8) is 0 Å². The number of hydrogen-bond acceptors (Lipinski definition) is 4. The van der Waals surface area contributed by atoms with Crippen molar-refractivity contribution in [1.29, 1.82) is 0 Å². The lowest BCUT2D eigenvalue weighted by atomic mass is 9.98. The molecule has 1 atom stereocenters. The van der Waals surface area contributed by atoms with Gasteiger partial charge >= 0.3 is 0 Å². The number of hydrogen-bond donors (Lipinski definition) is 2. The molecule has 1 aliphatic rings. The van der Waals surface area contributed by atoms with E-state index in [0.29, 0.717) is 0 Å². The molecule has 0 aliphatic heterocycles. The van der Waals surface area contributed by atoms with E-state index in [0.717, 1.165) is 12.3 Å². The summed E-state index contributed by atoms with van der Waals surface area (Å²) in [6.45, 7) is 2.90. The number of ether oxygens (including phenoxy) is 1. The Kier molecular flexibility index (Phi) is 4.85. The van der Waals surface area contributed by atoms with E-state index in [4.69, 9.17) is 4.74 Å². The Morgan fingerprint density at radius 3 is 2.83 bits per heavy atom. The van der Waals surface area contributed by atoms with Gasteiger partial charge in [0.05, 0.1) is 11.7 Å². The normalized spacial score (nSPS) is 21.2. The Morgan fingerprint density at radius 1 is 1.61 bits per heavy atom. The molecule has 0 heterocycles. The van der Waals surface area contributed by atoms with Crippen LogP contribution in [0, 0.1) is 0 Å². The van der Waals surface area contributed by atoms with Crippen LogP contribution in [0.15, 0.2) is 47.4 Å². The number of carbonyl (C=O) groups excluding carboxylic acids is 1. The molecule has 0 aromatic heterocycles. The molecule has 18 heavy (non-hydrogen) atoms. The number of Topliss-reactive ketones (excluding diaryl/α,β-unsaturated/α-hetero) is 1. The summed E-state index contributed by atoms with van der Waals surface area (Å²) in [4.78, 5) is 11.3. The summed E-state index contributed by atoms with van der Waals surface area (Å²) in [5, 5.41) is 19.0. The fourth-order valence-corrected chi connectivity index (χ4v) is 1.57. The Balaban J connectivity index is 3.01. The summed E-state index contributed by atoms with van der Waals surface area (Å²) in [5.41, 5.74) is -0.0372. The maximum absolute atomic E-state index is 13.1. The summed E-state index contributed by atoms with van der Waals surface area (Å²) in [6.07, 6.45) is 3.70. The van der Waals surface area contributed by atoms with Gasteiger partial charge in [-0.2, -0.15) is 0 Å². The summed E-state index contributed by atoms with van der Waals surface area (Å²) < 4.78 is 18.1. The van der Waals surface area contributed by atoms with Crippen LogP contribution in [0.1, 0.15) is 20.3 Å². The monoisotopic (exact) mass is 254 g/mol. The van der Waals surface area contributed by atoms with E-state index in [2.05, 4.69) is 0 Å². The molecule has 0 radical (unpaired) electrons. The first kappa shape index (κ1) is 14.2. The van der Waals surface area contributed by atoms with Crippen LogP contribution in [0.25, 0.3) is 0 Å². The van der Waals surface area contributed by atoms with Gasteiger partial charge in [0.1, 0.15) is 17.8 Å². The molecule has 0 fully saturated rings. The van der Waals surface area contributed by atoms with Gasteiger partial charge in [0.25, 0.3) is 0 Å². The highest BCUT2D eigenvalue weighted by Gasteiger charge is 2.24. The Bertz CT molecular complexity index is 458. The molecule has 0 saturated carbocycles. The third-order valence-electron chi connectivity index (χ3n) is 2.27. The molecule has 1 aliphatic carbocycles. The lowest BCUT2D eigenvalue weighted by Gasteiger charge is -2.19. The molecular formula is C13H15FO4. The second kappa shape index (κ2) is 6.16. The van der Waals surface area contributed by atoms with Crippen LogP contribution in [0.5, 0.6) is 0 Å². The average Bonchev–Trinajstić information content (AvgIpc) is 2.25. The van der Waals surface area contributed by atoms with Crippen molar-refractivity contribution in [2.24, 2.45) is 0 Å². The van der Waals surface area contributed by atoms with Gasteiger partial charge in [-0.1, -0.05) is 6.08 Å². The van der Waals surface area contributed by atoms with Crippen LogP contribution in [0.2, 0.25) is 0 Å². The van der Waals surface area contributed by atoms with E-state index in [-0.39, 0.29) is 23.5 Å². The highest BCUT2D eigenvalue weighted by atomic mass is 19.1. The van der Waals surface area contributed by atoms with Crippen molar-refractivity contribution in [2.45, 2.75) is 26.4 Å². The summed E-state index contributed by atoms with van der Waals surface area (Å²) in [6, 6.07) is 0. The summed E-state index contributed by atoms with van der Waals surface area (Å²) in [5.74, 6) is -1.34. The first-order valence-electron chi connectivity index (χ1n) is 5.44. The maximum Gasteiger partial charge on any atom is 0.166 e. The Morgan fingerprint density at radius 2 is 2.28 bits per heavy atom. The maximum atomic E-state index is 13.1. The first-order valence-corrected chi connectivity index (χ1v) is 5.44. The molecule has 0 saturated heterocycles. The lowest BCUT2D eigenvalue weighted by molar-refractivity contribution is -0.113. The number of rotatable bonds is 4. The highest BCUT2D eigenvalue weighted by molar-refractivity contribution is 5.97. The van der Waals surface area contributed by atoms with Crippen molar-refractivity contribution in [3.8, 4) is 0 Å². The second-order valence-corrected chi connectivity index (χ2v) is 3.80. The van der Waals surface area contributed by atoms with Gasteiger partial charge in [0.15, 0.2) is 11.6 Å². The van der Waals surface area contributed by atoms with Crippen LogP contribution in [-0.2, 0) is 9.53 Å². The third kappa shape index (κ3) is 3.56. The molecular weight excluding hydrogens is 239 g/mol. The zero-order valence-corrected chi connectivity index (χ0v) is 10.2. The van der Waals surface area contributed by atoms with E-state index < -0.39 is 17.7 Å². The Labute approximate surface area is 104 Å². The molecule has 2 N–H and O–H groups in total. The van der Waals surface area contributed by atoms with E-state index >= 15 is 0 Å². The Hall–Kier alpha value is -1.88. The van der Waals surface area contributed by atoms with Crippen LogP contribution in [0.3, 0.4) is 0 Å². The standard InChI is InChI=1S/C13H15FO4/c1-3-4-9(14)7-18-12-6-10(16)5-11(17)13(12)8(2)15/h3-5,7,10,16-17H,6H2,1-2H3/b4-3-,9-7+. The zero-order chi connectivity index (χ0) is 13.7. The number of ketones is 1. The molecule has 5 heteroatoms. The molecule has 0 aromatic carbocycles. The van der Waals surface area contributed by atoms with Gasteiger partial charge in [0, 0.05) is 6.42 Å². The van der Waals surface area contributed by atoms with Gasteiger partial charge in [-0.05, 0) is 26.0 Å². The number of allylic oxidation sites excluding steroid dienone is 4. The zero-order valence-electron chi connectivity index (χ0n) is 10.2. The summed E-state index contributed by atoms with van der Waals surface area (Å²) >= 11 is 0. The minimum Gasteiger partial charge on any atom is -0.507 e. The number of halogens is 1. The summed E-state index contributed by atoms with van der Waals surface area (Å²) in [7, 11) is 0. The molecule has 0 amide bonds. The molecule has 98 valence electrons. The first-order chi connectivity index (χ1) is 8.45. The lowest BCUT2D eigenvalue weighted by Crippen LogP contribution is -2.17. The molecule has 0 bridgehead atoms. The minimum atomic E-state index is -0.957. The van der Waals surface area contributed by atoms with Gasteiger partial charge in [0.2, 0.25) is 0 Å². The van der Waals surface area contributed by atoms with E-state index in [9.17, 15) is 19.4 Å². The minimum absolute atomic E-state index is 0.0125. The average molecular weight is 254 g/mol. The van der Waals surface area contributed by atoms with E-state index in [1.54, 1.807) is 6.92 Å². The van der Waals surface area contributed by atoms with E-state index in [1.807, 2.05) is 0 Å². The molecule has 4 nitrogen and oxygen atoms in total. The van der Waals surface area contributed by atoms with Crippen LogP contribution < -0.4 is 0 Å². The van der Waals surface area contributed by atoms with Crippen molar-refractivity contribution in [2.75, 3.05) is 0 Å². The predicted molar refractivity (Wildman–Crippen MR) is 64.1 cm³/mol. The van der Waals surface area contributed by atoms with Crippen LogP contribution in [0.4, 0.5) is 4.39 Å². The fraction of sp³-hybridized carbons (Fsp3) is 0.308. The molecule has 0 aromatic rings. The quantitative estimate of drug-likeness (QED) is 0.597.